The van der Waals surface area contributed by atoms with Gasteiger partial charge in [0.2, 0.25) is 0 Å². The molecule has 1 saturated heterocycles. The second-order valence-corrected chi connectivity index (χ2v) is 5.33. The van der Waals surface area contributed by atoms with Crippen LogP contribution in [0.5, 0.6) is 0 Å². The number of amides is 1. The van der Waals surface area contributed by atoms with E-state index in [1.165, 1.54) is 11.1 Å². The Labute approximate surface area is 106 Å². The molecule has 1 amide bonds. The fraction of sp³-hybridized carbons (Fsp3) is 0.692. The third-order valence-corrected chi connectivity index (χ3v) is 3.80. The van der Waals surface area contributed by atoms with Crippen molar-refractivity contribution in [1.82, 2.24) is 5.32 Å². The molecule has 2 rings (SSSR count). The average Bonchev–Trinajstić information content (AvgIpc) is 2.92. The Morgan fingerprint density at radius 1 is 1.50 bits per heavy atom. The van der Waals surface area contributed by atoms with Crippen LogP contribution in [-0.2, 0) is 9.53 Å². The predicted molar refractivity (Wildman–Crippen MR) is 65.5 cm³/mol. The van der Waals surface area contributed by atoms with Gasteiger partial charge in [0.05, 0.1) is 12.6 Å². The SMILES string of the molecule is CC1=C(C[C@H](NC(=O)O)C(=O)[C@]2(C)CO2)CCC1. The molecule has 2 N–H and O–H groups in total. The van der Waals surface area contributed by atoms with Crippen molar-refractivity contribution in [3.05, 3.63) is 11.1 Å². The fourth-order valence-corrected chi connectivity index (χ4v) is 2.46. The highest BCUT2D eigenvalue weighted by Gasteiger charge is 2.50. The van der Waals surface area contributed by atoms with Crippen molar-refractivity contribution in [3.63, 3.8) is 0 Å². The minimum absolute atomic E-state index is 0.155. The van der Waals surface area contributed by atoms with E-state index < -0.39 is 17.7 Å². The van der Waals surface area contributed by atoms with E-state index in [1.54, 1.807) is 6.92 Å². The smallest absolute Gasteiger partial charge is 0.405 e. The third-order valence-electron chi connectivity index (χ3n) is 3.80. The zero-order chi connectivity index (χ0) is 13.3. The van der Waals surface area contributed by atoms with E-state index in [1.807, 2.05) is 0 Å². The zero-order valence-corrected chi connectivity index (χ0v) is 10.8. The standard InChI is InChI=1S/C13H19NO4/c1-8-4-3-5-9(8)6-10(14-12(16)17)11(15)13(2)7-18-13/h10,14H,3-7H2,1-2H3,(H,16,17)/t10-,13-/m0/s1. The lowest BCUT2D eigenvalue weighted by Gasteiger charge is -2.19. The number of allylic oxidation sites excluding steroid dienone is 1. The Morgan fingerprint density at radius 2 is 2.17 bits per heavy atom. The van der Waals surface area contributed by atoms with E-state index in [0.29, 0.717) is 13.0 Å². The lowest BCUT2D eigenvalue weighted by Crippen LogP contribution is -2.45. The lowest BCUT2D eigenvalue weighted by atomic mass is 9.93. The third kappa shape index (κ3) is 2.72. The number of epoxide rings is 1. The van der Waals surface area contributed by atoms with Crippen LogP contribution in [0.15, 0.2) is 11.1 Å². The molecule has 0 aromatic carbocycles. The number of carbonyl (C=O) groups excluding carboxylic acids is 1. The molecule has 1 heterocycles. The van der Waals surface area contributed by atoms with Crippen LogP contribution in [0.3, 0.4) is 0 Å². The van der Waals surface area contributed by atoms with Gasteiger partial charge >= 0.3 is 6.09 Å². The molecule has 2 aliphatic rings. The monoisotopic (exact) mass is 253 g/mol. The Bertz CT molecular complexity index is 409. The number of carboxylic acid groups (broad SMARTS) is 1. The molecule has 0 bridgehead atoms. The van der Waals surface area contributed by atoms with Crippen molar-refractivity contribution >= 4 is 11.9 Å². The second kappa shape index (κ2) is 4.72. The minimum Gasteiger partial charge on any atom is -0.465 e. The summed E-state index contributed by atoms with van der Waals surface area (Å²) in [5.74, 6) is -0.155. The average molecular weight is 253 g/mol. The summed E-state index contributed by atoms with van der Waals surface area (Å²) in [6, 6.07) is -0.682. The molecule has 0 aromatic heterocycles. The van der Waals surface area contributed by atoms with Gasteiger partial charge in [-0.1, -0.05) is 11.1 Å². The van der Waals surface area contributed by atoms with Crippen molar-refractivity contribution in [2.45, 2.75) is 51.2 Å². The highest BCUT2D eigenvalue weighted by Crippen LogP contribution is 2.33. The molecule has 0 saturated carbocycles. The molecular formula is C13H19NO4. The second-order valence-electron chi connectivity index (χ2n) is 5.33. The molecule has 5 nitrogen and oxygen atoms in total. The van der Waals surface area contributed by atoms with Gasteiger partial charge in [0.25, 0.3) is 0 Å². The van der Waals surface area contributed by atoms with Crippen LogP contribution in [0, 0.1) is 0 Å². The van der Waals surface area contributed by atoms with Crippen LogP contribution in [0.2, 0.25) is 0 Å². The van der Waals surface area contributed by atoms with Crippen LogP contribution in [0.1, 0.15) is 39.5 Å². The molecule has 2 atom stereocenters. The van der Waals surface area contributed by atoms with Gasteiger partial charge in [-0.15, -0.1) is 0 Å². The molecule has 0 aromatic rings. The maximum Gasteiger partial charge on any atom is 0.405 e. The number of hydrogen-bond acceptors (Lipinski definition) is 3. The normalized spacial score (nSPS) is 28.1. The van der Waals surface area contributed by atoms with Crippen LogP contribution in [0.4, 0.5) is 4.79 Å². The van der Waals surface area contributed by atoms with Gasteiger partial charge in [0, 0.05) is 0 Å². The quantitative estimate of drug-likeness (QED) is 0.579. The Morgan fingerprint density at radius 3 is 2.61 bits per heavy atom. The van der Waals surface area contributed by atoms with Gasteiger partial charge in [-0.05, 0) is 39.5 Å². The molecule has 1 fully saturated rings. The molecule has 18 heavy (non-hydrogen) atoms. The first-order valence-corrected chi connectivity index (χ1v) is 6.27. The number of hydrogen-bond donors (Lipinski definition) is 2. The van der Waals surface area contributed by atoms with Gasteiger partial charge in [0.15, 0.2) is 5.78 Å². The van der Waals surface area contributed by atoms with Gasteiger partial charge in [-0.3, -0.25) is 4.79 Å². The van der Waals surface area contributed by atoms with E-state index in [0.717, 1.165) is 19.3 Å². The number of ether oxygens (including phenoxy) is 1. The largest absolute Gasteiger partial charge is 0.465 e. The maximum absolute atomic E-state index is 12.2. The predicted octanol–water partition coefficient (Wildman–Crippen LogP) is 1.87. The van der Waals surface area contributed by atoms with Crippen molar-refractivity contribution < 1.29 is 19.4 Å². The van der Waals surface area contributed by atoms with Crippen molar-refractivity contribution in [2.75, 3.05) is 6.61 Å². The van der Waals surface area contributed by atoms with Crippen molar-refractivity contribution in [2.24, 2.45) is 0 Å². The molecule has 1 aliphatic carbocycles. The molecule has 1 aliphatic heterocycles. The van der Waals surface area contributed by atoms with Crippen LogP contribution < -0.4 is 5.32 Å². The van der Waals surface area contributed by atoms with Gasteiger partial charge < -0.3 is 15.2 Å². The van der Waals surface area contributed by atoms with E-state index in [4.69, 9.17) is 9.84 Å². The summed E-state index contributed by atoms with van der Waals surface area (Å²) in [6.45, 7) is 4.16. The summed E-state index contributed by atoms with van der Waals surface area (Å²) in [5, 5.41) is 11.2. The van der Waals surface area contributed by atoms with Gasteiger partial charge in [-0.2, -0.15) is 0 Å². The van der Waals surface area contributed by atoms with Gasteiger partial charge in [0.1, 0.15) is 5.60 Å². The van der Waals surface area contributed by atoms with E-state index >= 15 is 0 Å². The lowest BCUT2D eigenvalue weighted by molar-refractivity contribution is -0.125. The summed E-state index contributed by atoms with van der Waals surface area (Å²) >= 11 is 0. The van der Waals surface area contributed by atoms with E-state index in [9.17, 15) is 9.59 Å². The molecule has 0 spiro atoms. The Kier molecular flexibility index (Phi) is 3.43. The van der Waals surface area contributed by atoms with Crippen molar-refractivity contribution in [3.8, 4) is 0 Å². The van der Waals surface area contributed by atoms with E-state index in [2.05, 4.69) is 12.2 Å². The summed E-state index contributed by atoms with van der Waals surface area (Å²) < 4.78 is 5.11. The van der Waals surface area contributed by atoms with Crippen LogP contribution in [0.25, 0.3) is 0 Å². The number of carbonyl (C=O) groups is 2. The first-order valence-electron chi connectivity index (χ1n) is 6.27. The molecule has 5 heteroatoms. The minimum atomic E-state index is -1.16. The Hall–Kier alpha value is -1.36. The van der Waals surface area contributed by atoms with Gasteiger partial charge in [-0.25, -0.2) is 4.79 Å². The number of nitrogens with one attached hydrogen (secondary N) is 1. The fourth-order valence-electron chi connectivity index (χ4n) is 2.46. The summed E-state index contributed by atoms with van der Waals surface area (Å²) in [5.41, 5.74) is 1.73. The van der Waals surface area contributed by atoms with Crippen LogP contribution in [-0.4, -0.2) is 35.2 Å². The maximum atomic E-state index is 12.2. The Balaban J connectivity index is 2.07. The molecule has 100 valence electrons. The number of Topliss-reactive ketones (excluding diaryl/α,β-unsaturated/α-hetero) is 1. The summed E-state index contributed by atoms with van der Waals surface area (Å²) in [6.07, 6.45) is 2.44. The van der Waals surface area contributed by atoms with E-state index in [-0.39, 0.29) is 5.78 Å². The zero-order valence-electron chi connectivity index (χ0n) is 10.8. The molecule has 0 unspecified atom stereocenters. The van der Waals surface area contributed by atoms with Crippen molar-refractivity contribution in [1.29, 1.82) is 0 Å². The molecular weight excluding hydrogens is 234 g/mol. The first-order chi connectivity index (χ1) is 8.42. The van der Waals surface area contributed by atoms with Crippen LogP contribution >= 0.6 is 0 Å². The highest BCUT2D eigenvalue weighted by atomic mass is 16.6. The summed E-state index contributed by atoms with van der Waals surface area (Å²) in [7, 11) is 0. The number of rotatable bonds is 5. The highest BCUT2D eigenvalue weighted by molar-refractivity contribution is 5.95. The molecule has 0 radical (unpaired) electrons. The number of ketones is 1. The first kappa shape index (κ1) is 13.1. The summed E-state index contributed by atoms with van der Waals surface area (Å²) in [4.78, 5) is 23.0. The topological polar surface area (TPSA) is 78.9 Å².